The van der Waals surface area contributed by atoms with E-state index < -0.39 is 46.1 Å². The van der Waals surface area contributed by atoms with Crippen LogP contribution in [0.5, 0.6) is 0 Å². The monoisotopic (exact) mass is 530 g/mol. The van der Waals surface area contributed by atoms with Gasteiger partial charge in [0.1, 0.15) is 0 Å². The van der Waals surface area contributed by atoms with E-state index >= 15 is 0 Å². The molecule has 2 atom stereocenters. The van der Waals surface area contributed by atoms with E-state index in [1.165, 1.54) is 0 Å². The van der Waals surface area contributed by atoms with Gasteiger partial charge in [0, 0.05) is 0 Å². The number of rotatable bonds is 20. The Morgan fingerprint density at radius 3 is 1.41 bits per heavy atom. The average Bonchev–Trinajstić information content (AvgIpc) is 2.70. The van der Waals surface area contributed by atoms with E-state index in [1.54, 1.807) is 27.7 Å². The first kappa shape index (κ1) is 28.5. The van der Waals surface area contributed by atoms with Gasteiger partial charge in [0.05, 0.1) is 0 Å². The van der Waals surface area contributed by atoms with Crippen LogP contribution in [0.1, 0.15) is 27.7 Å². The van der Waals surface area contributed by atoms with E-state index in [-0.39, 0.29) is 13.2 Å². The summed E-state index contributed by atoms with van der Waals surface area (Å²) in [7, 11) is 0. The first-order valence-corrected chi connectivity index (χ1v) is 12.1. The minimum atomic E-state index is -1.43. The van der Waals surface area contributed by atoms with Crippen LogP contribution in [-0.2, 0) is 44.2 Å². The van der Waals surface area contributed by atoms with Crippen LogP contribution in [0.25, 0.3) is 0 Å². The molecule has 0 saturated carbocycles. The fourth-order valence-electron chi connectivity index (χ4n) is 1.95. The van der Waals surface area contributed by atoms with Gasteiger partial charge in [-0.05, 0) is 0 Å². The van der Waals surface area contributed by atoms with Crippen LogP contribution in [0.4, 0.5) is 0 Å². The van der Waals surface area contributed by atoms with Crippen molar-refractivity contribution in [3.05, 3.63) is 0 Å². The summed E-state index contributed by atoms with van der Waals surface area (Å²) in [6.07, 6.45) is -1.44. The summed E-state index contributed by atoms with van der Waals surface area (Å²) in [4.78, 5) is 23.3. The Labute approximate surface area is 184 Å². The summed E-state index contributed by atoms with van der Waals surface area (Å²) < 4.78 is 42.1. The first-order valence-electron chi connectivity index (χ1n) is 9.81. The van der Waals surface area contributed by atoms with Gasteiger partial charge in [0.25, 0.3) is 0 Å². The Balaban J connectivity index is 3.65. The molecule has 0 spiro atoms. The van der Waals surface area contributed by atoms with E-state index in [0.717, 1.165) is 0 Å². The van der Waals surface area contributed by atoms with Gasteiger partial charge in [0.15, 0.2) is 0 Å². The Kier molecular flexibility index (Phi) is 20.4. The van der Waals surface area contributed by atoms with Crippen LogP contribution in [0, 0.1) is 0 Å². The molecule has 0 amide bonds. The van der Waals surface area contributed by atoms with Crippen molar-refractivity contribution in [1.29, 1.82) is 0 Å². The van der Waals surface area contributed by atoms with Gasteiger partial charge in [-0.2, -0.15) is 0 Å². The van der Waals surface area contributed by atoms with E-state index in [2.05, 4.69) is 0 Å². The summed E-state index contributed by atoms with van der Waals surface area (Å²) in [6.45, 7) is 10.2. The number of hydrogen-bond donors (Lipinski definition) is 0. The molecule has 0 heterocycles. The van der Waals surface area contributed by atoms with Crippen molar-refractivity contribution < 1.29 is 44.2 Å². The minimum absolute atomic E-state index is 0.122. The third-order valence-corrected chi connectivity index (χ3v) is 4.99. The van der Waals surface area contributed by atoms with Gasteiger partial charge in [-0.25, -0.2) is 0 Å². The molecule has 0 aromatic rings. The van der Waals surface area contributed by atoms with E-state index in [0.29, 0.717) is 52.9 Å². The summed E-state index contributed by atoms with van der Waals surface area (Å²) in [5.41, 5.74) is 0. The van der Waals surface area contributed by atoms with Gasteiger partial charge in [0.2, 0.25) is 0 Å². The van der Waals surface area contributed by atoms with Gasteiger partial charge >= 0.3 is 184 Å². The molecule has 0 N–H and O–H groups in total. The summed E-state index contributed by atoms with van der Waals surface area (Å²) in [5, 5.41) is 0. The third kappa shape index (κ3) is 15.9. The third-order valence-electron chi connectivity index (χ3n) is 3.15. The Bertz CT molecular complexity index is 374. The molecule has 2 unspecified atom stereocenters. The standard InChI is InChI=1S/2C9H17O5.Sn/c2*1-3-13-8(7-12-6-5-10)9(11)14-4-2;/h2*8H,3-7H2,1-2H3;/q2*-1;+4. The Morgan fingerprint density at radius 2 is 1.07 bits per heavy atom. The van der Waals surface area contributed by atoms with E-state index in [9.17, 15) is 9.59 Å². The first-order chi connectivity index (χ1) is 14.1. The van der Waals surface area contributed by atoms with Crippen LogP contribution in [0.15, 0.2) is 0 Å². The zero-order valence-electron chi connectivity index (χ0n) is 17.8. The molecule has 168 valence electrons. The summed E-state index contributed by atoms with van der Waals surface area (Å²) in [6, 6.07) is 0. The second-order valence-electron chi connectivity index (χ2n) is 5.32. The molecular weight excluding hydrogens is 495 g/mol. The zero-order chi connectivity index (χ0) is 21.7. The predicted molar refractivity (Wildman–Crippen MR) is 103 cm³/mol. The number of carbonyl (C=O) groups excluding carboxylic acids is 2. The fraction of sp³-hybridized carbons (Fsp3) is 0.889. The van der Waals surface area contributed by atoms with E-state index in [4.69, 9.17) is 34.6 Å². The molecule has 0 aromatic heterocycles. The van der Waals surface area contributed by atoms with Gasteiger partial charge < -0.3 is 0 Å². The van der Waals surface area contributed by atoms with Crippen LogP contribution >= 0.6 is 0 Å². The Morgan fingerprint density at radius 1 is 0.655 bits per heavy atom. The normalized spacial score (nSPS) is 12.8. The molecule has 0 aromatic carbocycles. The maximum absolute atomic E-state index is 11.7. The molecule has 11 heteroatoms. The molecule has 0 saturated heterocycles. The Hall–Kier alpha value is -0.501. The summed E-state index contributed by atoms with van der Waals surface area (Å²) >= 11 is -1.43. The van der Waals surface area contributed by atoms with Crippen molar-refractivity contribution >= 4 is 33.9 Å². The van der Waals surface area contributed by atoms with Crippen molar-refractivity contribution in [1.82, 2.24) is 0 Å². The number of carbonyl (C=O) groups is 2. The van der Waals surface area contributed by atoms with Crippen LogP contribution in [0.3, 0.4) is 0 Å². The molecule has 0 aliphatic rings. The molecule has 0 rings (SSSR count). The van der Waals surface area contributed by atoms with Gasteiger partial charge in [-0.3, -0.25) is 0 Å². The van der Waals surface area contributed by atoms with Crippen molar-refractivity contribution in [2.45, 2.75) is 39.9 Å². The second-order valence-corrected chi connectivity index (χ2v) is 7.45. The SMILES string of the molecule is CCOC(=O)C(COCC[O][Sn+2][O]CCOCC(OCC)C(=O)OCC)OCC. The molecule has 0 aliphatic carbocycles. The molecule has 29 heavy (non-hydrogen) atoms. The van der Waals surface area contributed by atoms with Crippen molar-refractivity contribution in [2.24, 2.45) is 0 Å². The topological polar surface area (TPSA) is 108 Å². The zero-order valence-corrected chi connectivity index (χ0v) is 20.7. The van der Waals surface area contributed by atoms with Crippen LogP contribution in [-0.4, -0.2) is 112 Å². The summed E-state index contributed by atoms with van der Waals surface area (Å²) in [5.74, 6) is -0.853. The second kappa shape index (κ2) is 20.8. The fourth-order valence-corrected chi connectivity index (χ4v) is 3.14. The maximum atomic E-state index is 11.7. The molecule has 0 bridgehead atoms. The number of esters is 2. The van der Waals surface area contributed by atoms with Crippen LogP contribution < -0.4 is 0 Å². The molecular formula is C18H34O10Sn+2. The predicted octanol–water partition coefficient (Wildman–Crippen LogP) is 0.523. The molecule has 0 fully saturated rings. The van der Waals surface area contributed by atoms with E-state index in [1.807, 2.05) is 0 Å². The van der Waals surface area contributed by atoms with Crippen molar-refractivity contribution in [2.75, 3.05) is 66.1 Å². The van der Waals surface area contributed by atoms with Crippen molar-refractivity contribution in [3.63, 3.8) is 0 Å². The molecule has 0 radical (unpaired) electrons. The van der Waals surface area contributed by atoms with Gasteiger partial charge in [-0.1, -0.05) is 0 Å². The van der Waals surface area contributed by atoms with Crippen LogP contribution in [0.2, 0.25) is 0 Å². The molecule has 0 aliphatic heterocycles. The number of hydrogen-bond acceptors (Lipinski definition) is 10. The quantitative estimate of drug-likeness (QED) is 0.126. The number of ether oxygens (including phenoxy) is 6. The average molecular weight is 529 g/mol. The molecule has 10 nitrogen and oxygen atoms in total. The van der Waals surface area contributed by atoms with Crippen molar-refractivity contribution in [3.8, 4) is 0 Å². The van der Waals surface area contributed by atoms with Gasteiger partial charge in [-0.15, -0.1) is 0 Å².